The van der Waals surface area contributed by atoms with Crippen LogP contribution in [0.2, 0.25) is 0 Å². The molecule has 10 atom stereocenters. The number of hydrogen-bond donors (Lipinski definition) is 0. The Hall–Kier alpha value is -0.0800. The number of fused-ring (bicyclic) bond motifs is 3. The average molecular weight is 1030 g/mol. The molecule has 0 aliphatic heterocycles. The predicted octanol–water partition coefficient (Wildman–Crippen LogP) is 20.9. The third-order valence-electron chi connectivity index (χ3n) is 28.9. The Morgan fingerprint density at radius 1 is 0.187 bits per heavy atom. The van der Waals surface area contributed by atoms with Gasteiger partial charge < -0.3 is 0 Å². The van der Waals surface area contributed by atoms with E-state index in [4.69, 9.17) is 0 Å². The fraction of sp³-hybridized carbons (Fsp3) is 1.00. The normalized spacial score (nSPS) is 43.1. The second kappa shape index (κ2) is 25.6. The highest BCUT2D eigenvalue weighted by atomic mass is 15.2. The Bertz CT molecular complexity index is 1560. The van der Waals surface area contributed by atoms with Crippen molar-refractivity contribution in [3.63, 3.8) is 0 Å². The smallest absolute Gasteiger partial charge is 0.0104 e. The SMILES string of the molecule is C1CCC(C2CCC(N(C3CCCC(C4CCCCC4)C3)C3CCC4C5CCC(N(C6CCC(C7CCCCC7)CC6)C6CCCC(C7CCCCC7)C6)CC5C(C5CCCCC5)(C5CCCCC5)C4C3)CC2)CC1. The van der Waals surface area contributed by atoms with Gasteiger partial charge >= 0.3 is 0 Å². The van der Waals surface area contributed by atoms with Crippen molar-refractivity contribution in [2.24, 2.45) is 88.3 Å². The van der Waals surface area contributed by atoms with Gasteiger partial charge in [-0.1, -0.05) is 193 Å². The van der Waals surface area contributed by atoms with Gasteiger partial charge in [0.1, 0.15) is 0 Å². The molecule has 75 heavy (non-hydrogen) atoms. The summed E-state index contributed by atoms with van der Waals surface area (Å²) in [6.45, 7) is 0. The monoisotopic (exact) mass is 1030 g/mol. The van der Waals surface area contributed by atoms with E-state index in [-0.39, 0.29) is 0 Å². The molecule has 0 aromatic heterocycles. The molecule has 10 unspecified atom stereocenters. The molecule has 2 heteroatoms. The highest BCUT2D eigenvalue weighted by molar-refractivity contribution is 5.17. The quantitative estimate of drug-likeness (QED) is 0.192. The minimum atomic E-state index is 0.649. The lowest BCUT2D eigenvalue weighted by molar-refractivity contribution is -0.103. The standard InChI is InChI=1S/C73H124N2/c1-7-21-53(22-8-1)57-37-41-63(42-38-57)74(65-35-19-29-59(49-65)55-25-11-3-12-26-55)67-45-47-69-70-48-46-68(52-72(70)73(71(69)51-67,61-31-15-5-16-32-61)62-33-17-6-18-34-62)75(64-43-39-58(40-44-64)54-23-9-2-10-24-54)66-36-20-30-60(50-66)56-27-13-4-14-28-56/h53-72H,1-52H2. The second-order valence-electron chi connectivity index (χ2n) is 31.9. The van der Waals surface area contributed by atoms with Gasteiger partial charge in [-0.15, -0.1) is 0 Å². The molecule has 13 saturated carbocycles. The molecule has 0 saturated heterocycles. The first-order chi connectivity index (χ1) is 37.2. The van der Waals surface area contributed by atoms with Crippen LogP contribution in [0.4, 0.5) is 0 Å². The zero-order valence-corrected chi connectivity index (χ0v) is 49.7. The maximum absolute atomic E-state index is 3.57. The van der Waals surface area contributed by atoms with Crippen molar-refractivity contribution < 1.29 is 0 Å². The zero-order chi connectivity index (χ0) is 50.0. The fourth-order valence-corrected chi connectivity index (χ4v) is 25.8. The minimum Gasteiger partial charge on any atom is -0.294 e. The summed E-state index contributed by atoms with van der Waals surface area (Å²) in [5.74, 6) is 14.8. The lowest BCUT2D eigenvalue weighted by Crippen LogP contribution is -2.57. The Labute approximate surface area is 465 Å². The van der Waals surface area contributed by atoms with Crippen molar-refractivity contribution in [3.05, 3.63) is 0 Å². The molecule has 0 spiro atoms. The van der Waals surface area contributed by atoms with Crippen LogP contribution in [0.1, 0.15) is 334 Å². The number of rotatable bonds is 12. The van der Waals surface area contributed by atoms with E-state index in [1.165, 1.54) is 25.7 Å². The van der Waals surface area contributed by atoms with Gasteiger partial charge in [0.15, 0.2) is 0 Å². The predicted molar refractivity (Wildman–Crippen MR) is 318 cm³/mol. The third kappa shape index (κ3) is 11.6. The van der Waals surface area contributed by atoms with Crippen molar-refractivity contribution >= 4 is 0 Å². The van der Waals surface area contributed by atoms with Gasteiger partial charge in [0, 0.05) is 36.3 Å². The van der Waals surface area contributed by atoms with Crippen LogP contribution in [0.5, 0.6) is 0 Å². The molecule has 0 aromatic carbocycles. The Balaban J connectivity index is 0.819. The van der Waals surface area contributed by atoms with Crippen molar-refractivity contribution in [2.75, 3.05) is 0 Å². The topological polar surface area (TPSA) is 6.48 Å². The number of nitrogens with zero attached hydrogens (tertiary/aromatic N) is 2. The summed E-state index contributed by atoms with van der Waals surface area (Å²) in [5, 5.41) is 0. The van der Waals surface area contributed by atoms with Crippen LogP contribution in [-0.2, 0) is 0 Å². The largest absolute Gasteiger partial charge is 0.294 e. The minimum absolute atomic E-state index is 0.649. The molecule has 0 bridgehead atoms. The molecule has 13 rings (SSSR count). The first-order valence-electron chi connectivity index (χ1n) is 36.7. The lowest BCUT2D eigenvalue weighted by atomic mass is 9.48. The second-order valence-corrected chi connectivity index (χ2v) is 31.9. The van der Waals surface area contributed by atoms with E-state index < -0.39 is 0 Å². The first-order valence-corrected chi connectivity index (χ1v) is 36.7. The molecule has 0 N–H and O–H groups in total. The Morgan fingerprint density at radius 3 is 0.800 bits per heavy atom. The van der Waals surface area contributed by atoms with Crippen LogP contribution >= 0.6 is 0 Å². The van der Waals surface area contributed by atoms with Crippen LogP contribution in [0.3, 0.4) is 0 Å². The maximum Gasteiger partial charge on any atom is 0.0104 e. The summed E-state index contributed by atoms with van der Waals surface area (Å²) in [6.07, 6.45) is 81.9. The summed E-state index contributed by atoms with van der Waals surface area (Å²) >= 11 is 0. The molecule has 0 radical (unpaired) electrons. The molecule has 2 nitrogen and oxygen atoms in total. The summed E-state index contributed by atoms with van der Waals surface area (Å²) < 4.78 is 0. The molecular formula is C73H124N2. The fourth-order valence-electron chi connectivity index (χ4n) is 25.8. The maximum atomic E-state index is 3.57. The third-order valence-corrected chi connectivity index (χ3v) is 28.9. The van der Waals surface area contributed by atoms with Crippen molar-refractivity contribution in [1.82, 2.24) is 9.80 Å². The molecular weight excluding hydrogens is 905 g/mol. The van der Waals surface area contributed by atoms with E-state index in [2.05, 4.69) is 9.80 Å². The molecule has 0 amide bonds. The van der Waals surface area contributed by atoms with Gasteiger partial charge in [-0.3, -0.25) is 9.80 Å². The van der Waals surface area contributed by atoms with Crippen molar-refractivity contribution in [1.29, 1.82) is 0 Å². The van der Waals surface area contributed by atoms with Crippen LogP contribution in [-0.4, -0.2) is 46.1 Å². The highest BCUT2D eigenvalue weighted by Gasteiger charge is 2.67. The summed E-state index contributed by atoms with van der Waals surface area (Å²) in [4.78, 5) is 7.13. The number of hydrogen-bond acceptors (Lipinski definition) is 2. The van der Waals surface area contributed by atoms with E-state index in [1.807, 2.05) is 0 Å². The Morgan fingerprint density at radius 2 is 0.453 bits per heavy atom. The van der Waals surface area contributed by atoms with E-state index in [0.717, 1.165) is 119 Å². The summed E-state index contributed by atoms with van der Waals surface area (Å²) in [7, 11) is 0. The summed E-state index contributed by atoms with van der Waals surface area (Å²) in [5.41, 5.74) is 0.649. The lowest BCUT2D eigenvalue weighted by Gasteiger charge is -2.59. The molecule has 426 valence electrons. The Kier molecular flexibility index (Phi) is 18.5. The zero-order valence-electron chi connectivity index (χ0n) is 49.7. The molecule has 13 aliphatic carbocycles. The molecule has 0 aromatic rings. The van der Waals surface area contributed by atoms with E-state index in [1.54, 1.807) is 308 Å². The summed E-state index contributed by atoms with van der Waals surface area (Å²) in [6, 6.07) is 5.42. The molecule has 13 aliphatic rings. The van der Waals surface area contributed by atoms with Crippen LogP contribution in [0, 0.1) is 88.3 Å². The van der Waals surface area contributed by atoms with Gasteiger partial charge in [-0.25, -0.2) is 0 Å². The molecule has 13 fully saturated rings. The van der Waals surface area contributed by atoms with Crippen molar-refractivity contribution in [3.8, 4) is 0 Å². The van der Waals surface area contributed by atoms with Gasteiger partial charge in [-0.2, -0.15) is 0 Å². The van der Waals surface area contributed by atoms with E-state index in [0.29, 0.717) is 5.41 Å². The van der Waals surface area contributed by atoms with Gasteiger partial charge in [0.2, 0.25) is 0 Å². The molecule has 0 heterocycles. The average Bonchev–Trinajstić information content (AvgIpc) is 3.86. The van der Waals surface area contributed by atoms with Crippen LogP contribution in [0.25, 0.3) is 0 Å². The van der Waals surface area contributed by atoms with Gasteiger partial charge in [0.05, 0.1) is 0 Å². The first kappa shape index (κ1) is 54.2. The van der Waals surface area contributed by atoms with Crippen molar-refractivity contribution in [2.45, 2.75) is 370 Å². The van der Waals surface area contributed by atoms with Gasteiger partial charge in [-0.05, 0) is 230 Å². The van der Waals surface area contributed by atoms with E-state index >= 15 is 0 Å². The highest BCUT2D eigenvalue weighted by Crippen LogP contribution is 2.72. The van der Waals surface area contributed by atoms with Crippen LogP contribution in [0.15, 0.2) is 0 Å². The van der Waals surface area contributed by atoms with Crippen LogP contribution < -0.4 is 0 Å². The van der Waals surface area contributed by atoms with Gasteiger partial charge in [0.25, 0.3) is 0 Å². The van der Waals surface area contributed by atoms with E-state index in [9.17, 15) is 0 Å².